The summed E-state index contributed by atoms with van der Waals surface area (Å²) < 4.78 is 38.7. The van der Waals surface area contributed by atoms with Gasteiger partial charge in [0.25, 0.3) is 0 Å². The van der Waals surface area contributed by atoms with Gasteiger partial charge < -0.3 is 14.8 Å². The molecule has 35 heavy (non-hydrogen) atoms. The van der Waals surface area contributed by atoms with E-state index in [0.717, 1.165) is 5.75 Å². The highest BCUT2D eigenvalue weighted by atomic mass is 35.5. The van der Waals surface area contributed by atoms with Crippen molar-refractivity contribution in [1.29, 1.82) is 0 Å². The standard InChI is InChI=1S/C26H27ClN2O5S/c1-2-33-25-13-12-23(18-24(25)27)35(31,32)29-16-14-19(15-17-29)26(30)28-20-8-10-22(11-9-20)34-21-6-4-3-5-7-21/h3-13,18-19H,2,14-17H2,1H3,(H,28,30). The molecule has 0 spiro atoms. The summed E-state index contributed by atoms with van der Waals surface area (Å²) in [5, 5.41) is 3.17. The number of carbonyl (C=O) groups is 1. The number of nitrogens with zero attached hydrogens (tertiary/aromatic N) is 1. The average molecular weight is 515 g/mol. The molecule has 3 aromatic rings. The first kappa shape index (κ1) is 25.0. The van der Waals surface area contributed by atoms with Crippen molar-refractivity contribution < 1.29 is 22.7 Å². The Labute approximate surface area is 210 Å². The molecule has 1 N–H and O–H groups in total. The number of nitrogens with one attached hydrogen (secondary N) is 1. The normalized spacial score (nSPS) is 14.9. The van der Waals surface area contributed by atoms with Crippen molar-refractivity contribution in [3.63, 3.8) is 0 Å². The molecular weight excluding hydrogens is 488 g/mol. The number of sulfonamides is 1. The maximum atomic E-state index is 13.1. The fourth-order valence-corrected chi connectivity index (χ4v) is 5.69. The van der Waals surface area contributed by atoms with Gasteiger partial charge in [-0.3, -0.25) is 4.79 Å². The van der Waals surface area contributed by atoms with Crippen LogP contribution in [0.4, 0.5) is 5.69 Å². The van der Waals surface area contributed by atoms with E-state index in [-0.39, 0.29) is 34.8 Å². The molecule has 0 unspecified atom stereocenters. The van der Waals surface area contributed by atoms with Crippen LogP contribution in [-0.2, 0) is 14.8 Å². The van der Waals surface area contributed by atoms with Crippen LogP contribution in [-0.4, -0.2) is 38.3 Å². The Morgan fingerprint density at radius 3 is 2.29 bits per heavy atom. The minimum absolute atomic E-state index is 0.117. The number of anilines is 1. The van der Waals surface area contributed by atoms with E-state index in [0.29, 0.717) is 36.6 Å². The van der Waals surface area contributed by atoms with Crippen LogP contribution in [0.25, 0.3) is 0 Å². The van der Waals surface area contributed by atoms with E-state index in [2.05, 4.69) is 5.32 Å². The van der Waals surface area contributed by atoms with Crippen molar-refractivity contribution >= 4 is 33.2 Å². The summed E-state index contributed by atoms with van der Waals surface area (Å²) in [5.74, 6) is 1.46. The number of hydrogen-bond donors (Lipinski definition) is 1. The number of hydrogen-bond acceptors (Lipinski definition) is 5. The number of amides is 1. The summed E-state index contributed by atoms with van der Waals surface area (Å²) in [7, 11) is -3.71. The lowest BCUT2D eigenvalue weighted by atomic mass is 9.97. The Kier molecular flexibility index (Phi) is 7.95. The van der Waals surface area contributed by atoms with Crippen molar-refractivity contribution in [3.8, 4) is 17.2 Å². The molecule has 1 aliphatic rings. The van der Waals surface area contributed by atoms with E-state index >= 15 is 0 Å². The molecule has 0 saturated carbocycles. The molecule has 0 bridgehead atoms. The van der Waals surface area contributed by atoms with Crippen LogP contribution >= 0.6 is 11.6 Å². The lowest BCUT2D eigenvalue weighted by Gasteiger charge is -2.30. The van der Waals surface area contributed by atoms with Gasteiger partial charge in [0.1, 0.15) is 17.2 Å². The second-order valence-electron chi connectivity index (χ2n) is 8.13. The summed E-state index contributed by atoms with van der Waals surface area (Å²) in [6.07, 6.45) is 0.871. The van der Waals surface area contributed by atoms with Crippen molar-refractivity contribution in [3.05, 3.63) is 77.8 Å². The van der Waals surface area contributed by atoms with Crippen LogP contribution in [0.15, 0.2) is 77.7 Å². The smallest absolute Gasteiger partial charge is 0.243 e. The van der Waals surface area contributed by atoms with Gasteiger partial charge in [-0.15, -0.1) is 0 Å². The number of benzene rings is 3. The molecule has 7 nitrogen and oxygen atoms in total. The van der Waals surface area contributed by atoms with E-state index in [9.17, 15) is 13.2 Å². The first-order valence-electron chi connectivity index (χ1n) is 11.4. The van der Waals surface area contributed by atoms with Gasteiger partial charge in [0, 0.05) is 24.7 Å². The second kappa shape index (κ2) is 11.1. The van der Waals surface area contributed by atoms with Crippen LogP contribution in [0.1, 0.15) is 19.8 Å². The summed E-state index contributed by atoms with van der Waals surface area (Å²) in [6, 6.07) is 21.1. The van der Waals surface area contributed by atoms with Gasteiger partial charge in [0.2, 0.25) is 15.9 Å². The molecule has 1 amide bonds. The zero-order valence-electron chi connectivity index (χ0n) is 19.3. The van der Waals surface area contributed by atoms with Crippen LogP contribution in [0.3, 0.4) is 0 Å². The molecule has 1 fully saturated rings. The third kappa shape index (κ3) is 6.14. The molecule has 0 radical (unpaired) electrons. The molecule has 0 aromatic heterocycles. The number of para-hydroxylation sites is 1. The summed E-state index contributed by atoms with van der Waals surface area (Å²) in [6.45, 7) is 2.79. The van der Waals surface area contributed by atoms with E-state index < -0.39 is 10.0 Å². The largest absolute Gasteiger partial charge is 0.492 e. The minimum Gasteiger partial charge on any atom is -0.492 e. The molecule has 1 heterocycles. The number of halogens is 1. The summed E-state index contributed by atoms with van der Waals surface area (Å²) in [5.41, 5.74) is 0.662. The average Bonchev–Trinajstić information content (AvgIpc) is 2.87. The predicted molar refractivity (Wildman–Crippen MR) is 136 cm³/mol. The van der Waals surface area contributed by atoms with E-state index in [1.165, 1.54) is 16.4 Å². The number of rotatable bonds is 8. The van der Waals surface area contributed by atoms with Gasteiger partial charge in [-0.05, 0) is 74.4 Å². The molecule has 1 saturated heterocycles. The van der Waals surface area contributed by atoms with Gasteiger partial charge in [-0.2, -0.15) is 4.31 Å². The lowest BCUT2D eigenvalue weighted by molar-refractivity contribution is -0.120. The molecule has 3 aromatic carbocycles. The Hall–Kier alpha value is -3.07. The van der Waals surface area contributed by atoms with Gasteiger partial charge >= 0.3 is 0 Å². The molecule has 1 aliphatic heterocycles. The van der Waals surface area contributed by atoms with E-state index in [4.69, 9.17) is 21.1 Å². The quantitative estimate of drug-likeness (QED) is 0.424. The summed E-state index contributed by atoms with van der Waals surface area (Å²) in [4.78, 5) is 12.9. The van der Waals surface area contributed by atoms with Crippen LogP contribution in [0, 0.1) is 5.92 Å². The summed E-state index contributed by atoms with van der Waals surface area (Å²) >= 11 is 6.18. The molecule has 0 atom stereocenters. The van der Waals surface area contributed by atoms with Gasteiger partial charge in [0.05, 0.1) is 16.5 Å². The third-order valence-electron chi connectivity index (χ3n) is 5.77. The van der Waals surface area contributed by atoms with Crippen molar-refractivity contribution in [2.24, 2.45) is 5.92 Å². The number of ether oxygens (including phenoxy) is 2. The Bertz CT molecular complexity index is 1260. The van der Waals surface area contributed by atoms with Crippen molar-refractivity contribution in [1.82, 2.24) is 4.31 Å². The first-order chi connectivity index (χ1) is 16.9. The fraction of sp³-hybridized carbons (Fsp3) is 0.269. The highest BCUT2D eigenvalue weighted by Crippen LogP contribution is 2.31. The highest BCUT2D eigenvalue weighted by molar-refractivity contribution is 7.89. The highest BCUT2D eigenvalue weighted by Gasteiger charge is 2.32. The first-order valence-corrected chi connectivity index (χ1v) is 13.2. The maximum absolute atomic E-state index is 13.1. The van der Waals surface area contributed by atoms with Gasteiger partial charge in [-0.25, -0.2) is 8.42 Å². The molecule has 184 valence electrons. The molecule has 0 aliphatic carbocycles. The van der Waals surface area contributed by atoms with Crippen molar-refractivity contribution in [2.45, 2.75) is 24.7 Å². The number of piperidine rings is 1. The Morgan fingerprint density at radius 2 is 1.66 bits per heavy atom. The Morgan fingerprint density at radius 1 is 1.00 bits per heavy atom. The van der Waals surface area contributed by atoms with Crippen LogP contribution in [0.5, 0.6) is 17.2 Å². The van der Waals surface area contributed by atoms with Crippen molar-refractivity contribution in [2.75, 3.05) is 25.0 Å². The molecule has 4 rings (SSSR count). The van der Waals surface area contributed by atoms with Crippen LogP contribution < -0.4 is 14.8 Å². The Balaban J connectivity index is 1.32. The topological polar surface area (TPSA) is 84.9 Å². The molecule has 9 heteroatoms. The third-order valence-corrected chi connectivity index (χ3v) is 7.96. The lowest BCUT2D eigenvalue weighted by Crippen LogP contribution is -2.41. The predicted octanol–water partition coefficient (Wildman–Crippen LogP) is 5.57. The van der Waals surface area contributed by atoms with Gasteiger partial charge in [0.15, 0.2) is 0 Å². The second-order valence-corrected chi connectivity index (χ2v) is 10.5. The fourth-order valence-electron chi connectivity index (χ4n) is 3.90. The number of carbonyl (C=O) groups excluding carboxylic acids is 1. The zero-order chi connectivity index (χ0) is 24.8. The molecular formula is C26H27ClN2O5S. The van der Waals surface area contributed by atoms with Gasteiger partial charge in [-0.1, -0.05) is 29.8 Å². The SMILES string of the molecule is CCOc1ccc(S(=O)(=O)N2CCC(C(=O)Nc3ccc(Oc4ccccc4)cc3)CC2)cc1Cl. The maximum Gasteiger partial charge on any atom is 0.243 e. The minimum atomic E-state index is -3.71. The van der Waals surface area contributed by atoms with E-state index in [1.54, 1.807) is 30.3 Å². The van der Waals surface area contributed by atoms with Crippen LogP contribution in [0.2, 0.25) is 5.02 Å². The zero-order valence-corrected chi connectivity index (χ0v) is 20.9. The van der Waals surface area contributed by atoms with E-state index in [1.807, 2.05) is 37.3 Å². The monoisotopic (exact) mass is 514 g/mol.